The lowest BCUT2D eigenvalue weighted by molar-refractivity contribution is -0.147. The van der Waals surface area contributed by atoms with Crippen molar-refractivity contribution in [2.45, 2.75) is 104 Å². The van der Waals surface area contributed by atoms with Crippen molar-refractivity contribution < 1.29 is 0 Å². The van der Waals surface area contributed by atoms with Crippen LogP contribution in [0.1, 0.15) is 104 Å². The average Bonchev–Trinajstić information content (AvgIpc) is 3.14. The SMILES string of the molecule is C[C@@]12CCC[C@H]1[C@@H]1CCC3C4(CCCC4)CCC[C@]3(C)[C@H]1CC2. The molecule has 1 spiro atoms. The van der Waals surface area contributed by atoms with Gasteiger partial charge >= 0.3 is 0 Å². The lowest BCUT2D eigenvalue weighted by Gasteiger charge is -2.64. The first-order chi connectivity index (χ1) is 11.1. The van der Waals surface area contributed by atoms with E-state index in [2.05, 4.69) is 13.8 Å². The van der Waals surface area contributed by atoms with Crippen molar-refractivity contribution in [3.05, 3.63) is 0 Å². The molecule has 0 aromatic heterocycles. The van der Waals surface area contributed by atoms with Crippen LogP contribution in [0.3, 0.4) is 0 Å². The summed E-state index contributed by atoms with van der Waals surface area (Å²) in [5, 5.41) is 0. The molecule has 0 aromatic rings. The maximum atomic E-state index is 2.78. The highest BCUT2D eigenvalue weighted by Gasteiger charge is 2.61. The van der Waals surface area contributed by atoms with Crippen LogP contribution in [0, 0.1) is 39.9 Å². The first-order valence-corrected chi connectivity index (χ1v) is 11.1. The number of fused-ring (bicyclic) bond motifs is 6. The summed E-state index contributed by atoms with van der Waals surface area (Å²) in [6, 6.07) is 0. The molecule has 0 amide bonds. The van der Waals surface area contributed by atoms with Gasteiger partial charge in [-0.3, -0.25) is 0 Å². The number of hydrogen-bond acceptors (Lipinski definition) is 0. The van der Waals surface area contributed by atoms with Gasteiger partial charge in [-0.15, -0.1) is 0 Å². The Morgan fingerprint density at radius 2 is 1.39 bits per heavy atom. The predicted molar refractivity (Wildman–Crippen MR) is 97.2 cm³/mol. The van der Waals surface area contributed by atoms with E-state index in [-0.39, 0.29) is 0 Å². The molecule has 0 bridgehead atoms. The minimum atomic E-state index is 0.718. The molecule has 0 radical (unpaired) electrons. The summed E-state index contributed by atoms with van der Waals surface area (Å²) in [5.74, 6) is 4.39. The summed E-state index contributed by atoms with van der Waals surface area (Å²) in [4.78, 5) is 0. The van der Waals surface area contributed by atoms with E-state index < -0.39 is 0 Å². The van der Waals surface area contributed by atoms with Crippen molar-refractivity contribution in [1.29, 1.82) is 0 Å². The second-order valence-electron chi connectivity index (χ2n) is 11.0. The van der Waals surface area contributed by atoms with Gasteiger partial charge in [0.05, 0.1) is 0 Å². The van der Waals surface area contributed by atoms with Crippen molar-refractivity contribution in [1.82, 2.24) is 0 Å². The van der Waals surface area contributed by atoms with Crippen LogP contribution in [0.15, 0.2) is 0 Å². The third kappa shape index (κ3) is 1.96. The monoisotopic (exact) mass is 314 g/mol. The maximum absolute atomic E-state index is 2.78. The van der Waals surface area contributed by atoms with Crippen LogP contribution in [-0.4, -0.2) is 0 Å². The normalized spacial score (nSPS) is 54.5. The van der Waals surface area contributed by atoms with Gasteiger partial charge in [0, 0.05) is 0 Å². The predicted octanol–water partition coefficient (Wildman–Crippen LogP) is 6.98. The summed E-state index contributed by atoms with van der Waals surface area (Å²) >= 11 is 0. The molecular weight excluding hydrogens is 276 g/mol. The Morgan fingerprint density at radius 1 is 0.609 bits per heavy atom. The largest absolute Gasteiger partial charge is 0.0594 e. The van der Waals surface area contributed by atoms with Gasteiger partial charge in [-0.05, 0) is 104 Å². The zero-order chi connectivity index (χ0) is 15.7. The van der Waals surface area contributed by atoms with E-state index in [1.807, 2.05) is 0 Å². The highest BCUT2D eigenvalue weighted by molar-refractivity contribution is 5.11. The molecule has 5 aliphatic rings. The molecule has 6 atom stereocenters. The molecule has 5 rings (SSSR count). The van der Waals surface area contributed by atoms with Crippen LogP contribution in [0.2, 0.25) is 0 Å². The van der Waals surface area contributed by atoms with E-state index in [1.165, 1.54) is 6.42 Å². The van der Waals surface area contributed by atoms with E-state index in [9.17, 15) is 0 Å². The van der Waals surface area contributed by atoms with E-state index in [1.54, 1.807) is 83.5 Å². The number of hydrogen-bond donors (Lipinski definition) is 0. The third-order valence-electron chi connectivity index (χ3n) is 10.4. The second-order valence-corrected chi connectivity index (χ2v) is 11.0. The van der Waals surface area contributed by atoms with Gasteiger partial charge in [0.15, 0.2) is 0 Å². The minimum Gasteiger partial charge on any atom is -0.0594 e. The Balaban J connectivity index is 1.48. The van der Waals surface area contributed by atoms with Crippen molar-refractivity contribution in [3.8, 4) is 0 Å². The zero-order valence-corrected chi connectivity index (χ0v) is 15.7. The Hall–Kier alpha value is 0. The molecule has 0 heterocycles. The fourth-order valence-corrected chi connectivity index (χ4v) is 9.49. The average molecular weight is 315 g/mol. The molecule has 0 aliphatic heterocycles. The van der Waals surface area contributed by atoms with Crippen LogP contribution in [0.5, 0.6) is 0 Å². The summed E-state index contributed by atoms with van der Waals surface area (Å²) in [7, 11) is 0. The summed E-state index contributed by atoms with van der Waals surface area (Å²) in [6.07, 6.45) is 22.0. The standard InChI is InChI=1S/C23H38/c1-21-11-5-7-18(21)17-8-9-20-22(2,19(17)10-16-21)12-6-15-23(20)13-3-4-14-23/h17-20H,3-16H2,1-2H3/t17-,18-,19-,20?,21-,22+/m0/s1. The van der Waals surface area contributed by atoms with Crippen LogP contribution in [0.25, 0.3) is 0 Å². The molecule has 0 nitrogen and oxygen atoms in total. The summed E-state index contributed by atoms with van der Waals surface area (Å²) in [5.41, 5.74) is 2.26. The van der Waals surface area contributed by atoms with Crippen molar-refractivity contribution in [3.63, 3.8) is 0 Å². The minimum absolute atomic E-state index is 0.718. The first kappa shape index (κ1) is 15.3. The van der Waals surface area contributed by atoms with Crippen LogP contribution in [0.4, 0.5) is 0 Å². The highest BCUT2D eigenvalue weighted by Crippen LogP contribution is 2.70. The molecule has 1 unspecified atom stereocenters. The van der Waals surface area contributed by atoms with Crippen molar-refractivity contribution in [2.75, 3.05) is 0 Å². The Labute approximate surface area is 144 Å². The van der Waals surface area contributed by atoms with Gasteiger partial charge in [0.25, 0.3) is 0 Å². The lowest BCUT2D eigenvalue weighted by Crippen LogP contribution is -2.56. The summed E-state index contributed by atoms with van der Waals surface area (Å²) < 4.78 is 0. The van der Waals surface area contributed by atoms with Gasteiger partial charge in [-0.1, -0.05) is 39.5 Å². The van der Waals surface area contributed by atoms with Crippen LogP contribution in [-0.2, 0) is 0 Å². The van der Waals surface area contributed by atoms with Crippen LogP contribution >= 0.6 is 0 Å². The Bertz CT molecular complexity index is 472. The van der Waals surface area contributed by atoms with E-state index >= 15 is 0 Å². The number of rotatable bonds is 0. The fraction of sp³-hybridized carbons (Fsp3) is 1.00. The Morgan fingerprint density at radius 3 is 2.22 bits per heavy atom. The molecular formula is C23H38. The molecule has 0 heteroatoms. The maximum Gasteiger partial charge on any atom is -0.0261 e. The lowest BCUT2D eigenvalue weighted by atomic mass is 9.41. The zero-order valence-electron chi connectivity index (χ0n) is 15.7. The van der Waals surface area contributed by atoms with Crippen LogP contribution < -0.4 is 0 Å². The quantitative estimate of drug-likeness (QED) is 0.452. The molecule has 23 heavy (non-hydrogen) atoms. The second kappa shape index (κ2) is 5.01. The van der Waals surface area contributed by atoms with E-state index in [4.69, 9.17) is 0 Å². The van der Waals surface area contributed by atoms with Crippen molar-refractivity contribution in [2.24, 2.45) is 39.9 Å². The Kier molecular flexibility index (Phi) is 3.33. The molecule has 5 saturated carbocycles. The molecule has 130 valence electrons. The van der Waals surface area contributed by atoms with E-state index in [0.717, 1.165) is 39.9 Å². The van der Waals surface area contributed by atoms with Gasteiger partial charge in [0.1, 0.15) is 0 Å². The van der Waals surface area contributed by atoms with Gasteiger partial charge < -0.3 is 0 Å². The molecule has 0 saturated heterocycles. The van der Waals surface area contributed by atoms with Gasteiger partial charge in [-0.25, -0.2) is 0 Å². The molecule has 0 N–H and O–H groups in total. The van der Waals surface area contributed by atoms with E-state index in [0.29, 0.717) is 0 Å². The molecule has 5 aliphatic carbocycles. The van der Waals surface area contributed by atoms with Gasteiger partial charge in [-0.2, -0.15) is 0 Å². The summed E-state index contributed by atoms with van der Waals surface area (Å²) in [6.45, 7) is 5.44. The smallest absolute Gasteiger partial charge is 0.0261 e. The molecule has 5 fully saturated rings. The fourth-order valence-electron chi connectivity index (χ4n) is 9.49. The van der Waals surface area contributed by atoms with Gasteiger partial charge in [0.2, 0.25) is 0 Å². The third-order valence-corrected chi connectivity index (χ3v) is 10.4. The van der Waals surface area contributed by atoms with Crippen molar-refractivity contribution >= 4 is 0 Å². The topological polar surface area (TPSA) is 0 Å². The first-order valence-electron chi connectivity index (χ1n) is 11.1. The molecule has 0 aromatic carbocycles. The highest BCUT2D eigenvalue weighted by atomic mass is 14.7.